The number of benzene rings is 6. The first-order valence-electron chi connectivity index (χ1n) is 24.2. The molecule has 65 heavy (non-hydrogen) atoms. The molecule has 1 saturated carbocycles. The van der Waals surface area contributed by atoms with Crippen molar-refractivity contribution in [1.82, 2.24) is 0 Å². The topological polar surface area (TPSA) is 6.48 Å². The highest BCUT2D eigenvalue weighted by molar-refractivity contribution is 5.77. The van der Waals surface area contributed by atoms with Crippen molar-refractivity contribution in [1.29, 1.82) is 0 Å². The Morgan fingerprint density at radius 3 is 1.66 bits per heavy atom. The first-order valence-corrected chi connectivity index (χ1v) is 24.2. The Morgan fingerprint density at radius 2 is 1.11 bits per heavy atom. The number of rotatable bonds is 11. The number of hydrogen-bond acceptors (Lipinski definition) is 2. The van der Waals surface area contributed by atoms with E-state index in [1.165, 1.54) is 86.7 Å². The number of anilines is 3. The second-order valence-electron chi connectivity index (χ2n) is 19.5. The van der Waals surface area contributed by atoms with E-state index in [-0.39, 0.29) is 5.54 Å². The van der Waals surface area contributed by atoms with Crippen LogP contribution < -0.4 is 9.80 Å². The van der Waals surface area contributed by atoms with Gasteiger partial charge in [-0.15, -0.1) is 0 Å². The Morgan fingerprint density at radius 1 is 0.523 bits per heavy atom. The maximum atomic E-state index is 2.59. The summed E-state index contributed by atoms with van der Waals surface area (Å²) >= 11 is 0. The van der Waals surface area contributed by atoms with Crippen LogP contribution in [0.3, 0.4) is 0 Å². The molecule has 0 saturated heterocycles. The summed E-state index contributed by atoms with van der Waals surface area (Å²) in [4.78, 5) is 5.16. The van der Waals surface area contributed by atoms with Crippen LogP contribution in [0.4, 0.5) is 17.1 Å². The molecule has 5 aliphatic rings. The Bertz CT molecular complexity index is 2710. The van der Waals surface area contributed by atoms with Gasteiger partial charge < -0.3 is 9.80 Å². The van der Waals surface area contributed by atoms with E-state index < -0.39 is 0 Å². The predicted molar refractivity (Wildman–Crippen MR) is 275 cm³/mol. The van der Waals surface area contributed by atoms with Crippen molar-refractivity contribution in [2.24, 2.45) is 29.6 Å². The zero-order valence-corrected chi connectivity index (χ0v) is 37.9. The van der Waals surface area contributed by atoms with Gasteiger partial charge in [-0.2, -0.15) is 0 Å². The molecule has 7 atom stereocenters. The fourth-order valence-electron chi connectivity index (χ4n) is 11.4. The molecule has 6 aromatic carbocycles. The van der Waals surface area contributed by atoms with Crippen LogP contribution in [-0.2, 0) is 0 Å². The van der Waals surface area contributed by atoms with E-state index >= 15 is 0 Å². The molecule has 0 aliphatic heterocycles. The molecule has 7 unspecified atom stereocenters. The van der Waals surface area contributed by atoms with Gasteiger partial charge in [0, 0.05) is 40.3 Å². The quantitative estimate of drug-likeness (QED) is 0.120. The van der Waals surface area contributed by atoms with Crippen LogP contribution in [0, 0.1) is 29.6 Å². The highest BCUT2D eigenvalue weighted by Gasteiger charge is 2.47. The fourth-order valence-corrected chi connectivity index (χ4v) is 11.4. The number of nitrogens with zero attached hydrogens (tertiary/aromatic N) is 2. The fraction of sp³-hybridized carbons (Fsp3) is 0.238. The molecule has 0 heterocycles. The van der Waals surface area contributed by atoms with Crippen LogP contribution in [0.15, 0.2) is 230 Å². The molecule has 5 aliphatic carbocycles. The first kappa shape index (κ1) is 41.1. The molecule has 1 fully saturated rings. The lowest BCUT2D eigenvalue weighted by atomic mass is 9.77. The van der Waals surface area contributed by atoms with Crippen molar-refractivity contribution in [2.45, 2.75) is 63.8 Å². The average molecular weight is 845 g/mol. The normalized spacial score (nSPS) is 25.5. The second kappa shape index (κ2) is 17.7. The number of hydrogen-bond donors (Lipinski definition) is 0. The van der Waals surface area contributed by atoms with E-state index in [1.54, 1.807) is 0 Å². The van der Waals surface area contributed by atoms with Gasteiger partial charge >= 0.3 is 0 Å². The summed E-state index contributed by atoms with van der Waals surface area (Å²) < 4.78 is 0. The summed E-state index contributed by atoms with van der Waals surface area (Å²) in [7, 11) is 0. The second-order valence-corrected chi connectivity index (χ2v) is 19.5. The molecular weight excluding hydrogens is 785 g/mol. The van der Waals surface area contributed by atoms with Gasteiger partial charge in [-0.1, -0.05) is 177 Å². The summed E-state index contributed by atoms with van der Waals surface area (Å²) in [5.41, 5.74) is 15.4. The zero-order chi connectivity index (χ0) is 43.7. The monoisotopic (exact) mass is 844 g/mol. The minimum atomic E-state index is -0.209. The molecule has 0 amide bonds. The maximum absolute atomic E-state index is 2.59. The number of fused-ring (bicyclic) bond motifs is 1. The molecule has 0 spiro atoms. The smallest absolute Gasteiger partial charge is 0.0605 e. The van der Waals surface area contributed by atoms with Gasteiger partial charge in [0.25, 0.3) is 0 Å². The Labute approximate surface area is 387 Å². The molecule has 2 heteroatoms. The van der Waals surface area contributed by atoms with Gasteiger partial charge in [-0.3, -0.25) is 0 Å². The van der Waals surface area contributed by atoms with Crippen LogP contribution in [0.25, 0.3) is 27.8 Å². The maximum Gasteiger partial charge on any atom is 0.0605 e. The van der Waals surface area contributed by atoms with Crippen LogP contribution >= 0.6 is 0 Å². The predicted octanol–water partition coefficient (Wildman–Crippen LogP) is 16.5. The van der Waals surface area contributed by atoms with E-state index in [9.17, 15) is 0 Å². The summed E-state index contributed by atoms with van der Waals surface area (Å²) in [5, 5.41) is 0. The van der Waals surface area contributed by atoms with Gasteiger partial charge in [0.1, 0.15) is 0 Å². The minimum Gasteiger partial charge on any atom is -0.332 e. The van der Waals surface area contributed by atoms with Crippen molar-refractivity contribution >= 4 is 22.6 Å². The van der Waals surface area contributed by atoms with Crippen molar-refractivity contribution < 1.29 is 0 Å². The molecule has 0 radical (unpaired) electrons. The molecule has 0 bridgehead atoms. The Kier molecular flexibility index (Phi) is 11.2. The van der Waals surface area contributed by atoms with E-state index in [2.05, 4.69) is 242 Å². The van der Waals surface area contributed by atoms with Crippen molar-refractivity contribution in [3.05, 3.63) is 241 Å². The van der Waals surface area contributed by atoms with E-state index in [0.29, 0.717) is 29.6 Å². The lowest BCUT2D eigenvalue weighted by Crippen LogP contribution is -2.43. The van der Waals surface area contributed by atoms with Crippen LogP contribution in [0.5, 0.6) is 0 Å². The van der Waals surface area contributed by atoms with Crippen molar-refractivity contribution in [3.63, 3.8) is 0 Å². The number of allylic oxidation sites excluding steroid dienone is 10. The Hall–Kier alpha value is -6.64. The van der Waals surface area contributed by atoms with Crippen LogP contribution in [0.1, 0.15) is 69.4 Å². The standard InChI is InChI=1S/C63H60N2/c1-45-13-12-20-54(43-45)51-23-31-56(32-24-51)64(62-38-37-59(60-44-61(60)62)53-18-10-5-11-19-53)55-29-21-50(22-30-55)52-39-41-63(2,42-40-52)65(57-33-25-48(26-34-57)46-14-6-3-7-15-46)58-35-27-49(28-36-58)47-16-8-4-9-17-47/h3-12,14-23,25-39,41,45,51-52,54,60-61H,13,24,40,42-44H2,1-2H3. The van der Waals surface area contributed by atoms with Crippen LogP contribution in [-0.4, -0.2) is 5.54 Å². The van der Waals surface area contributed by atoms with Gasteiger partial charge in [0.05, 0.1) is 5.54 Å². The first-order chi connectivity index (χ1) is 32.0. The summed E-state index contributed by atoms with van der Waals surface area (Å²) in [6.45, 7) is 4.82. The van der Waals surface area contributed by atoms with Crippen molar-refractivity contribution in [3.8, 4) is 22.3 Å². The van der Waals surface area contributed by atoms with E-state index in [0.717, 1.165) is 25.2 Å². The lowest BCUT2D eigenvalue weighted by Gasteiger charge is -2.44. The third-order valence-electron chi connectivity index (χ3n) is 15.1. The summed E-state index contributed by atoms with van der Waals surface area (Å²) in [6.07, 6.45) is 29.1. The van der Waals surface area contributed by atoms with Gasteiger partial charge in [0.2, 0.25) is 0 Å². The van der Waals surface area contributed by atoms with Gasteiger partial charge in [-0.25, -0.2) is 0 Å². The summed E-state index contributed by atoms with van der Waals surface area (Å²) in [5.74, 6) is 3.45. The summed E-state index contributed by atoms with van der Waals surface area (Å²) in [6, 6.07) is 60.3. The van der Waals surface area contributed by atoms with E-state index in [1.807, 2.05) is 0 Å². The highest BCUT2D eigenvalue weighted by atomic mass is 15.2. The van der Waals surface area contributed by atoms with Gasteiger partial charge in [0.15, 0.2) is 0 Å². The lowest BCUT2D eigenvalue weighted by molar-refractivity contribution is 0.356. The third kappa shape index (κ3) is 8.44. The molecule has 2 nitrogen and oxygen atoms in total. The molecule has 322 valence electrons. The molecule has 0 aromatic heterocycles. The van der Waals surface area contributed by atoms with Crippen molar-refractivity contribution in [2.75, 3.05) is 9.80 Å². The van der Waals surface area contributed by atoms with E-state index in [4.69, 9.17) is 0 Å². The molecule has 0 N–H and O–H groups in total. The third-order valence-corrected chi connectivity index (χ3v) is 15.1. The zero-order valence-electron chi connectivity index (χ0n) is 37.9. The molecular formula is C63H60N2. The largest absolute Gasteiger partial charge is 0.332 e. The van der Waals surface area contributed by atoms with Gasteiger partial charge in [-0.05, 0) is 157 Å². The molecule has 11 rings (SSSR count). The van der Waals surface area contributed by atoms with Crippen LogP contribution in [0.2, 0.25) is 0 Å². The SMILES string of the molecule is CC1CC=CC(C2C=CC(N(C3=CC=C(c4ccccc4)C4CC34)c3ccc(C4C=CC(C)(N(c5ccc(-c6ccccc6)cc5)c5ccc(-c6ccccc6)cc5)CC4)cc3)=CC2)C1. The highest BCUT2D eigenvalue weighted by Crippen LogP contribution is 2.56. The average Bonchev–Trinajstić information content (AvgIpc) is 4.18. The minimum absolute atomic E-state index is 0.209. The molecule has 6 aromatic rings. The Balaban J connectivity index is 0.877.